The summed E-state index contributed by atoms with van der Waals surface area (Å²) < 4.78 is 7.77. The molecule has 0 aliphatic heterocycles. The second kappa shape index (κ2) is 7.74. The summed E-state index contributed by atoms with van der Waals surface area (Å²) in [4.78, 5) is 21.2. The molecule has 2 heterocycles. The highest BCUT2D eigenvalue weighted by molar-refractivity contribution is 6.58. The Morgan fingerprint density at radius 2 is 1.80 bits per heavy atom. The third-order valence-corrected chi connectivity index (χ3v) is 4.62. The number of ether oxygens (including phenoxy) is 1. The topological polar surface area (TPSA) is 69.0 Å². The second-order valence-electron chi connectivity index (χ2n) is 8.21. The van der Waals surface area contributed by atoms with Gasteiger partial charge in [-0.2, -0.15) is 0 Å². The van der Waals surface area contributed by atoms with Gasteiger partial charge in [-0.25, -0.2) is 9.97 Å². The SMILES string of the molecule is BC(B)(B)Oc1ccc(C(=O)Nc2cc3cc(-c4cncn4C)ccc3cn2)cc1. The molecule has 4 aromatic rings. The van der Waals surface area contributed by atoms with Gasteiger partial charge >= 0.3 is 0 Å². The molecule has 6 nitrogen and oxygen atoms in total. The van der Waals surface area contributed by atoms with E-state index in [0.717, 1.165) is 27.8 Å². The highest BCUT2D eigenvalue weighted by atomic mass is 16.5. The summed E-state index contributed by atoms with van der Waals surface area (Å²) >= 11 is 0. The molecule has 146 valence electrons. The first-order chi connectivity index (χ1) is 14.3. The van der Waals surface area contributed by atoms with Crippen molar-refractivity contribution in [2.75, 3.05) is 5.32 Å². The Bertz CT molecular complexity index is 1220. The minimum atomic E-state index is -0.285. The number of imidazole rings is 1. The molecule has 9 heteroatoms. The Kier molecular flexibility index (Phi) is 5.12. The number of nitrogens with zero attached hydrogens (tertiary/aromatic N) is 3. The molecule has 0 radical (unpaired) electrons. The van der Waals surface area contributed by atoms with Crippen molar-refractivity contribution >= 4 is 46.0 Å². The van der Waals surface area contributed by atoms with E-state index in [1.807, 2.05) is 59.5 Å². The zero-order valence-electron chi connectivity index (χ0n) is 17.5. The van der Waals surface area contributed by atoms with E-state index in [2.05, 4.69) is 21.4 Å². The van der Waals surface area contributed by atoms with Gasteiger partial charge in [-0.3, -0.25) is 4.79 Å². The van der Waals surface area contributed by atoms with Crippen LogP contribution < -0.4 is 10.1 Å². The Hall–Kier alpha value is -3.48. The third kappa shape index (κ3) is 4.40. The van der Waals surface area contributed by atoms with E-state index in [1.54, 1.807) is 36.8 Å². The molecule has 0 aliphatic carbocycles. The summed E-state index contributed by atoms with van der Waals surface area (Å²) in [5.41, 5.74) is 2.62. The Morgan fingerprint density at radius 3 is 2.47 bits per heavy atom. The average molecular weight is 394 g/mol. The van der Waals surface area contributed by atoms with Gasteiger partial charge in [-0.05, 0) is 41.8 Å². The fourth-order valence-corrected chi connectivity index (χ4v) is 3.22. The molecule has 0 saturated carbocycles. The molecule has 1 amide bonds. The fourth-order valence-electron chi connectivity index (χ4n) is 3.22. The summed E-state index contributed by atoms with van der Waals surface area (Å²) in [7, 11) is 7.92. The number of anilines is 1. The van der Waals surface area contributed by atoms with Crippen molar-refractivity contribution in [1.82, 2.24) is 14.5 Å². The third-order valence-electron chi connectivity index (χ3n) is 4.62. The molecule has 30 heavy (non-hydrogen) atoms. The van der Waals surface area contributed by atoms with Crippen LogP contribution in [0.5, 0.6) is 5.75 Å². The molecule has 0 atom stereocenters. The van der Waals surface area contributed by atoms with Crippen LogP contribution in [0.25, 0.3) is 22.0 Å². The maximum atomic E-state index is 12.6. The molecule has 0 fully saturated rings. The predicted octanol–water partition coefficient (Wildman–Crippen LogP) is 0.777. The standard InChI is InChI=1S/C21H21B3N4O2/c1-28-12-25-11-18(28)14-2-3-15-10-26-19(9-16(15)8-14)27-20(29)13-4-6-17(7-5-13)30-21(22,23)24/h2-12H,22-24H2,1H3,(H,26,27,29). The first kappa shape index (κ1) is 19.8. The number of nitrogens with one attached hydrogen (secondary N) is 1. The smallest absolute Gasteiger partial charge is 0.256 e. The Labute approximate surface area is 177 Å². The summed E-state index contributed by atoms with van der Waals surface area (Å²) in [5, 5.41) is 4.59. The zero-order valence-corrected chi connectivity index (χ0v) is 17.5. The predicted molar refractivity (Wildman–Crippen MR) is 127 cm³/mol. The van der Waals surface area contributed by atoms with Gasteiger partial charge < -0.3 is 14.6 Å². The summed E-state index contributed by atoms with van der Waals surface area (Å²) in [6.07, 6.45) is 5.37. The maximum absolute atomic E-state index is 12.6. The van der Waals surface area contributed by atoms with Gasteiger partial charge in [0.1, 0.15) is 35.1 Å². The molecule has 2 aromatic carbocycles. The monoisotopic (exact) mass is 394 g/mol. The van der Waals surface area contributed by atoms with Crippen LogP contribution >= 0.6 is 0 Å². The number of amides is 1. The van der Waals surface area contributed by atoms with Crippen molar-refractivity contribution in [2.45, 2.75) is 5.30 Å². The molecule has 0 bridgehead atoms. The van der Waals surface area contributed by atoms with Crippen LogP contribution in [0.3, 0.4) is 0 Å². The number of hydrogen-bond acceptors (Lipinski definition) is 4. The normalized spacial score (nSPS) is 11.4. The highest BCUT2D eigenvalue weighted by Crippen LogP contribution is 2.25. The fraction of sp³-hybridized carbons (Fsp3) is 0.0952. The minimum Gasteiger partial charge on any atom is -0.514 e. The van der Waals surface area contributed by atoms with E-state index in [1.165, 1.54) is 0 Å². The van der Waals surface area contributed by atoms with Gasteiger partial charge in [0.2, 0.25) is 0 Å². The van der Waals surface area contributed by atoms with Crippen molar-refractivity contribution in [1.29, 1.82) is 0 Å². The highest BCUT2D eigenvalue weighted by Gasteiger charge is 2.13. The van der Waals surface area contributed by atoms with E-state index in [4.69, 9.17) is 4.74 Å². The Balaban J connectivity index is 1.54. The first-order valence-corrected chi connectivity index (χ1v) is 9.75. The number of rotatable bonds is 5. The lowest BCUT2D eigenvalue weighted by atomic mass is 9.52. The summed E-state index contributed by atoms with van der Waals surface area (Å²) in [5.74, 6) is 1.02. The number of carbonyl (C=O) groups is 1. The van der Waals surface area contributed by atoms with Crippen LogP contribution in [-0.2, 0) is 7.05 Å². The van der Waals surface area contributed by atoms with Gasteiger partial charge in [0, 0.05) is 35.1 Å². The van der Waals surface area contributed by atoms with Crippen molar-refractivity contribution in [3.8, 4) is 17.0 Å². The van der Waals surface area contributed by atoms with Crippen LogP contribution in [0.4, 0.5) is 5.82 Å². The van der Waals surface area contributed by atoms with Crippen LogP contribution in [-0.4, -0.2) is 49.3 Å². The van der Waals surface area contributed by atoms with Gasteiger partial charge in [-0.1, -0.05) is 12.1 Å². The van der Waals surface area contributed by atoms with E-state index in [0.29, 0.717) is 11.4 Å². The minimum absolute atomic E-state index is 0.216. The molecule has 0 spiro atoms. The van der Waals surface area contributed by atoms with Crippen LogP contribution in [0.15, 0.2) is 67.3 Å². The van der Waals surface area contributed by atoms with Gasteiger partial charge in [-0.15, -0.1) is 0 Å². The largest absolute Gasteiger partial charge is 0.514 e. The first-order valence-electron chi connectivity index (χ1n) is 9.75. The number of pyridine rings is 1. The lowest BCUT2D eigenvalue weighted by molar-refractivity contribution is 0.102. The number of fused-ring (bicyclic) bond motifs is 1. The average Bonchev–Trinajstić information content (AvgIpc) is 3.12. The lowest BCUT2D eigenvalue weighted by Gasteiger charge is -2.21. The molecule has 2 aromatic heterocycles. The quantitative estimate of drug-likeness (QED) is 0.509. The van der Waals surface area contributed by atoms with Crippen LogP contribution in [0, 0.1) is 0 Å². The molecule has 4 rings (SSSR count). The van der Waals surface area contributed by atoms with Crippen molar-refractivity contribution in [3.63, 3.8) is 0 Å². The number of aromatic nitrogens is 3. The molecule has 0 unspecified atom stereocenters. The van der Waals surface area contributed by atoms with E-state index < -0.39 is 0 Å². The van der Waals surface area contributed by atoms with Crippen molar-refractivity contribution < 1.29 is 9.53 Å². The molecule has 1 N–H and O–H groups in total. The van der Waals surface area contributed by atoms with Crippen molar-refractivity contribution in [2.24, 2.45) is 7.05 Å². The number of benzene rings is 2. The Morgan fingerprint density at radius 1 is 1.03 bits per heavy atom. The van der Waals surface area contributed by atoms with Gasteiger partial charge in [0.25, 0.3) is 5.91 Å². The maximum Gasteiger partial charge on any atom is 0.256 e. The molecular formula is C21H21B3N4O2. The summed E-state index contributed by atoms with van der Waals surface area (Å²) in [6.45, 7) is 0. The zero-order chi connectivity index (χ0) is 21.3. The van der Waals surface area contributed by atoms with Crippen LogP contribution in [0.2, 0.25) is 0 Å². The number of carbonyl (C=O) groups excluding carboxylic acids is 1. The second-order valence-corrected chi connectivity index (χ2v) is 8.21. The number of hydrogen-bond donors (Lipinski definition) is 1. The number of aryl methyl sites for hydroxylation is 1. The van der Waals surface area contributed by atoms with Gasteiger partial charge in [0.15, 0.2) is 0 Å². The molecular weight excluding hydrogens is 373 g/mol. The van der Waals surface area contributed by atoms with E-state index in [-0.39, 0.29) is 11.2 Å². The van der Waals surface area contributed by atoms with E-state index >= 15 is 0 Å². The van der Waals surface area contributed by atoms with Crippen molar-refractivity contribution in [3.05, 3.63) is 72.8 Å². The van der Waals surface area contributed by atoms with E-state index in [9.17, 15) is 4.79 Å². The molecule has 0 aliphatic rings. The summed E-state index contributed by atoms with van der Waals surface area (Å²) in [6, 6.07) is 15.1. The van der Waals surface area contributed by atoms with Gasteiger partial charge in [0.05, 0.1) is 18.2 Å². The van der Waals surface area contributed by atoms with Crippen LogP contribution in [0.1, 0.15) is 10.4 Å². The molecule has 0 saturated heterocycles. The lowest BCUT2D eigenvalue weighted by Crippen LogP contribution is -2.37.